The standard InChI is InChI=1S/C39H50N6O5/c1-6-44(29-11-15-49-16-12-29)35-20-28(18-32(26(35)4)37(46)40-21-33-24(2)17-25(3)41-38(33)47)27-7-8-34-36(19-27)42(5)39(48)45(34)30-9-13-43(14-10-30)31-22-50-23-31/h7-8,17-20,29-31H,6,9-16,21-23H2,1-5H3,(H,40,46)(H,41,47). The largest absolute Gasteiger partial charge is 0.381 e. The highest BCUT2D eigenvalue weighted by molar-refractivity contribution is 5.99. The lowest BCUT2D eigenvalue weighted by molar-refractivity contribution is -0.0731. The van der Waals surface area contributed by atoms with Crippen LogP contribution in [0.1, 0.15) is 71.4 Å². The molecule has 0 aliphatic carbocycles. The highest BCUT2D eigenvalue weighted by Crippen LogP contribution is 2.36. The van der Waals surface area contributed by atoms with Gasteiger partial charge in [-0.15, -0.1) is 0 Å². The Morgan fingerprint density at radius 3 is 2.32 bits per heavy atom. The Morgan fingerprint density at radius 2 is 1.66 bits per heavy atom. The van der Waals surface area contributed by atoms with Crippen LogP contribution in [0.2, 0.25) is 0 Å². The predicted octanol–water partition coefficient (Wildman–Crippen LogP) is 4.59. The first-order chi connectivity index (χ1) is 24.1. The fourth-order valence-electron chi connectivity index (χ4n) is 8.23. The summed E-state index contributed by atoms with van der Waals surface area (Å²) in [4.78, 5) is 48.2. The zero-order chi connectivity index (χ0) is 35.1. The van der Waals surface area contributed by atoms with Crippen LogP contribution in [0.5, 0.6) is 0 Å². The maximum Gasteiger partial charge on any atom is 0.329 e. The van der Waals surface area contributed by atoms with Gasteiger partial charge in [0.25, 0.3) is 11.5 Å². The van der Waals surface area contributed by atoms with Crippen molar-refractivity contribution in [2.24, 2.45) is 7.05 Å². The van der Waals surface area contributed by atoms with Crippen molar-refractivity contribution in [1.82, 2.24) is 24.3 Å². The van der Waals surface area contributed by atoms with Crippen LogP contribution >= 0.6 is 0 Å². The number of carbonyl (C=O) groups is 1. The van der Waals surface area contributed by atoms with Gasteiger partial charge in [-0.2, -0.15) is 0 Å². The predicted molar refractivity (Wildman–Crippen MR) is 196 cm³/mol. The molecular formula is C39H50N6O5. The Kier molecular flexibility index (Phi) is 9.74. The summed E-state index contributed by atoms with van der Waals surface area (Å²) in [6.07, 6.45) is 3.71. The van der Waals surface area contributed by atoms with Gasteiger partial charge >= 0.3 is 5.69 Å². The molecule has 7 rings (SSSR count). The van der Waals surface area contributed by atoms with Crippen molar-refractivity contribution in [2.75, 3.05) is 51.0 Å². The van der Waals surface area contributed by atoms with Gasteiger partial charge < -0.3 is 24.7 Å². The van der Waals surface area contributed by atoms with Crippen LogP contribution in [0, 0.1) is 20.8 Å². The lowest BCUT2D eigenvalue weighted by atomic mass is 9.95. The topological polar surface area (TPSA) is 114 Å². The Hall–Kier alpha value is -4.19. The van der Waals surface area contributed by atoms with Crippen LogP contribution in [-0.2, 0) is 23.1 Å². The monoisotopic (exact) mass is 682 g/mol. The van der Waals surface area contributed by atoms with Crippen molar-refractivity contribution in [3.8, 4) is 11.1 Å². The maximum atomic E-state index is 14.0. The fraction of sp³-hybridized carbons (Fsp3) is 0.513. The lowest BCUT2D eigenvalue weighted by Gasteiger charge is -2.41. The van der Waals surface area contributed by atoms with E-state index in [4.69, 9.17) is 9.47 Å². The van der Waals surface area contributed by atoms with E-state index in [2.05, 4.69) is 51.3 Å². The molecular weight excluding hydrogens is 632 g/mol. The zero-order valence-electron chi connectivity index (χ0n) is 30.0. The van der Waals surface area contributed by atoms with Crippen molar-refractivity contribution < 1.29 is 14.3 Å². The normalized spacial score (nSPS) is 18.0. The molecule has 2 aromatic heterocycles. The van der Waals surface area contributed by atoms with Gasteiger partial charge in [0.2, 0.25) is 0 Å². The molecule has 0 saturated carbocycles. The fourth-order valence-corrected chi connectivity index (χ4v) is 8.23. The van der Waals surface area contributed by atoms with Gasteiger partial charge in [0.1, 0.15) is 0 Å². The number of piperidine rings is 1. The van der Waals surface area contributed by atoms with Crippen molar-refractivity contribution in [3.05, 3.63) is 85.2 Å². The molecule has 2 N–H and O–H groups in total. The number of anilines is 1. The van der Waals surface area contributed by atoms with Gasteiger partial charge in [-0.25, -0.2) is 4.79 Å². The van der Waals surface area contributed by atoms with Gasteiger partial charge in [-0.05, 0) is 106 Å². The molecule has 4 aromatic rings. The smallest absolute Gasteiger partial charge is 0.329 e. The van der Waals surface area contributed by atoms with Gasteiger partial charge in [0.15, 0.2) is 0 Å². The Morgan fingerprint density at radius 1 is 0.920 bits per heavy atom. The summed E-state index contributed by atoms with van der Waals surface area (Å²) in [6, 6.07) is 13.3. The van der Waals surface area contributed by atoms with Crippen molar-refractivity contribution in [2.45, 2.75) is 78.0 Å². The number of carbonyl (C=O) groups excluding carboxylic acids is 1. The van der Waals surface area contributed by atoms with Gasteiger partial charge in [0.05, 0.1) is 30.3 Å². The molecule has 0 bridgehead atoms. The number of aryl methyl sites for hydroxylation is 3. The quantitative estimate of drug-likeness (QED) is 0.266. The summed E-state index contributed by atoms with van der Waals surface area (Å²) in [5, 5.41) is 3.05. The molecule has 3 saturated heterocycles. The second-order valence-electron chi connectivity index (χ2n) is 14.3. The van der Waals surface area contributed by atoms with E-state index in [-0.39, 0.29) is 29.7 Å². The average molecular weight is 683 g/mol. The summed E-state index contributed by atoms with van der Waals surface area (Å²) in [6.45, 7) is 13.8. The third kappa shape index (κ3) is 6.42. The minimum Gasteiger partial charge on any atom is -0.381 e. The lowest BCUT2D eigenvalue weighted by Crippen LogP contribution is -2.52. The molecule has 2 aromatic carbocycles. The molecule has 50 heavy (non-hydrogen) atoms. The van der Waals surface area contributed by atoms with E-state index in [1.165, 1.54) is 0 Å². The first-order valence-corrected chi connectivity index (χ1v) is 18.1. The number of benzene rings is 2. The number of hydrogen-bond donors (Lipinski definition) is 2. The number of nitrogens with one attached hydrogen (secondary N) is 2. The first kappa shape index (κ1) is 34.3. The molecule has 3 fully saturated rings. The molecule has 3 aliphatic heterocycles. The first-order valence-electron chi connectivity index (χ1n) is 18.1. The number of ether oxygens (including phenoxy) is 2. The molecule has 0 unspecified atom stereocenters. The van der Waals surface area contributed by atoms with E-state index >= 15 is 0 Å². The SMILES string of the molecule is CCN(c1cc(-c2ccc3c(c2)n(C)c(=O)n3C2CCN(C3COC3)CC2)cc(C(=O)NCc2c(C)cc(C)[nH]c2=O)c1C)C1CCOCC1. The number of aromatic nitrogens is 3. The summed E-state index contributed by atoms with van der Waals surface area (Å²) in [7, 11) is 1.85. The van der Waals surface area contributed by atoms with Crippen molar-refractivity contribution in [3.63, 3.8) is 0 Å². The molecule has 0 radical (unpaired) electrons. The third-order valence-electron chi connectivity index (χ3n) is 11.2. The number of rotatable bonds is 9. The Bertz CT molecular complexity index is 2010. The summed E-state index contributed by atoms with van der Waals surface area (Å²) >= 11 is 0. The molecule has 1 amide bonds. The van der Waals surface area contributed by atoms with Gasteiger partial charge in [-0.1, -0.05) is 6.07 Å². The third-order valence-corrected chi connectivity index (χ3v) is 11.2. The van der Waals surface area contributed by atoms with E-state index in [0.717, 1.165) is 103 Å². The maximum absolute atomic E-state index is 14.0. The van der Waals surface area contributed by atoms with Crippen molar-refractivity contribution >= 4 is 22.6 Å². The molecule has 266 valence electrons. The highest BCUT2D eigenvalue weighted by atomic mass is 16.5. The number of fused-ring (bicyclic) bond motifs is 1. The number of amides is 1. The number of aromatic amines is 1. The van der Waals surface area contributed by atoms with Crippen LogP contribution in [0.25, 0.3) is 22.2 Å². The second-order valence-corrected chi connectivity index (χ2v) is 14.3. The Balaban J connectivity index is 1.25. The zero-order valence-corrected chi connectivity index (χ0v) is 30.0. The molecule has 11 nitrogen and oxygen atoms in total. The number of hydrogen-bond acceptors (Lipinski definition) is 7. The minimum absolute atomic E-state index is 0.00491. The molecule has 0 spiro atoms. The summed E-state index contributed by atoms with van der Waals surface area (Å²) in [5.74, 6) is -0.229. The van der Waals surface area contributed by atoms with Gasteiger partial charge in [-0.3, -0.25) is 23.6 Å². The van der Waals surface area contributed by atoms with Gasteiger partial charge in [0, 0.05) is 81.0 Å². The Labute approximate surface area is 293 Å². The van der Waals surface area contributed by atoms with E-state index in [1.807, 2.05) is 44.5 Å². The minimum atomic E-state index is -0.229. The molecule has 11 heteroatoms. The molecule has 3 aliphatic rings. The summed E-state index contributed by atoms with van der Waals surface area (Å²) < 4.78 is 14.9. The van der Waals surface area contributed by atoms with E-state index < -0.39 is 0 Å². The van der Waals surface area contributed by atoms with Crippen LogP contribution in [0.4, 0.5) is 5.69 Å². The van der Waals surface area contributed by atoms with E-state index in [9.17, 15) is 14.4 Å². The average Bonchev–Trinajstić information content (AvgIpc) is 3.33. The second kappa shape index (κ2) is 14.2. The summed E-state index contributed by atoms with van der Waals surface area (Å²) in [5.41, 5.74) is 8.15. The number of nitrogens with zero attached hydrogens (tertiary/aromatic N) is 4. The highest BCUT2D eigenvalue weighted by Gasteiger charge is 2.32. The van der Waals surface area contributed by atoms with Crippen LogP contribution < -0.4 is 21.5 Å². The molecule has 5 heterocycles. The number of H-pyrrole nitrogens is 1. The van der Waals surface area contributed by atoms with E-state index in [0.29, 0.717) is 36.4 Å². The van der Waals surface area contributed by atoms with Crippen LogP contribution in [0.3, 0.4) is 0 Å². The number of likely N-dealkylation sites (tertiary alicyclic amines) is 1. The van der Waals surface area contributed by atoms with Crippen molar-refractivity contribution in [1.29, 1.82) is 0 Å². The molecule has 0 atom stereocenters. The van der Waals surface area contributed by atoms with E-state index in [1.54, 1.807) is 4.57 Å². The number of pyridine rings is 1. The van der Waals surface area contributed by atoms with Crippen LogP contribution in [-0.4, -0.2) is 83.1 Å². The number of imidazole rings is 1. The van der Waals surface area contributed by atoms with Crippen LogP contribution in [0.15, 0.2) is 46.0 Å².